The minimum Gasteiger partial charge on any atom is -0.438 e. The predicted molar refractivity (Wildman–Crippen MR) is 145 cm³/mol. The molecule has 1 N–H and O–H groups in total. The molecule has 1 saturated heterocycles. The largest absolute Gasteiger partial charge is 0.438 e. The van der Waals surface area contributed by atoms with E-state index in [1.54, 1.807) is 53.7 Å². The van der Waals surface area contributed by atoms with Crippen LogP contribution in [0.5, 0.6) is 0 Å². The lowest BCUT2D eigenvalue weighted by molar-refractivity contribution is -0.0645. The Balaban J connectivity index is 1.51. The summed E-state index contributed by atoms with van der Waals surface area (Å²) in [6, 6.07) is 16.1. The second-order valence-corrected chi connectivity index (χ2v) is 9.93. The van der Waals surface area contributed by atoms with E-state index in [-0.39, 0.29) is 17.4 Å². The molecule has 1 heterocycles. The van der Waals surface area contributed by atoms with Crippen LogP contribution >= 0.6 is 11.8 Å². The van der Waals surface area contributed by atoms with Gasteiger partial charge in [0.05, 0.1) is 6.04 Å². The van der Waals surface area contributed by atoms with Gasteiger partial charge in [-0.15, -0.1) is 4.99 Å². The Morgan fingerprint density at radius 3 is 2.44 bits per heavy atom. The molecule has 0 saturated carbocycles. The summed E-state index contributed by atoms with van der Waals surface area (Å²) in [5, 5.41) is 12.4. The number of carbonyl (C=O) groups is 1. The van der Waals surface area contributed by atoms with E-state index in [4.69, 9.17) is 10.00 Å². The Hall–Kier alpha value is -3.97. The molecule has 6 nitrogen and oxygen atoms in total. The number of hydrogen-bond acceptors (Lipinski definition) is 5. The molecule has 1 aliphatic heterocycles. The fourth-order valence-corrected chi connectivity index (χ4v) is 5.10. The summed E-state index contributed by atoms with van der Waals surface area (Å²) in [6.45, 7) is 2.64. The van der Waals surface area contributed by atoms with E-state index in [9.17, 15) is 18.0 Å². The molecule has 1 amide bonds. The van der Waals surface area contributed by atoms with E-state index < -0.39 is 23.3 Å². The summed E-state index contributed by atoms with van der Waals surface area (Å²) in [7, 11) is 0. The molecule has 4 rings (SSSR count). The number of carbonyl (C=O) groups excluding carboxylic acids is 1. The number of ether oxygens (including phenoxy) is 1. The van der Waals surface area contributed by atoms with Gasteiger partial charge in [-0.25, -0.2) is 18.0 Å². The molecule has 1 fully saturated rings. The quantitative estimate of drug-likeness (QED) is 0.199. The Morgan fingerprint density at radius 2 is 1.82 bits per heavy atom. The van der Waals surface area contributed by atoms with E-state index in [2.05, 4.69) is 10.3 Å². The van der Waals surface area contributed by atoms with Gasteiger partial charge in [-0.3, -0.25) is 0 Å². The van der Waals surface area contributed by atoms with Crippen LogP contribution in [0.25, 0.3) is 11.1 Å². The van der Waals surface area contributed by atoms with Crippen molar-refractivity contribution in [1.29, 1.82) is 5.26 Å². The number of amides is 1. The maximum Gasteiger partial charge on any atom is 0.411 e. The minimum atomic E-state index is -0.992. The molecular weight excluding hydrogens is 525 g/mol. The van der Waals surface area contributed by atoms with Gasteiger partial charge in [-0.05, 0) is 54.1 Å². The first kappa shape index (κ1) is 28.0. The summed E-state index contributed by atoms with van der Waals surface area (Å²) in [6.07, 6.45) is 3.87. The van der Waals surface area contributed by atoms with Crippen molar-refractivity contribution in [2.45, 2.75) is 31.4 Å². The Labute approximate surface area is 229 Å². The number of halogens is 3. The molecular formula is C29H27F3N4O2S. The molecule has 0 spiro atoms. The number of nitriles is 1. The summed E-state index contributed by atoms with van der Waals surface area (Å²) < 4.78 is 47.2. The molecule has 0 aromatic heterocycles. The van der Waals surface area contributed by atoms with Crippen LogP contribution in [0, 0.1) is 28.9 Å². The van der Waals surface area contributed by atoms with Crippen LogP contribution in [0.1, 0.15) is 36.9 Å². The third-order valence-corrected chi connectivity index (χ3v) is 7.52. The SMILES string of the molecule is CS/C(=N\C#N)NCC[C@]1(c2ccc(F)cc2)CCN([C@@H](C)c2ccc(-c3ccc(F)cc3F)cc2)C(=O)O1. The number of nitrogens with one attached hydrogen (secondary N) is 1. The predicted octanol–water partition coefficient (Wildman–Crippen LogP) is 6.75. The van der Waals surface area contributed by atoms with Gasteiger partial charge in [0.15, 0.2) is 5.17 Å². The van der Waals surface area contributed by atoms with E-state index >= 15 is 0 Å². The highest BCUT2D eigenvalue weighted by atomic mass is 32.2. The van der Waals surface area contributed by atoms with Crippen molar-refractivity contribution in [2.75, 3.05) is 19.3 Å². The highest BCUT2D eigenvalue weighted by molar-refractivity contribution is 8.13. The van der Waals surface area contributed by atoms with Crippen molar-refractivity contribution in [2.24, 2.45) is 4.99 Å². The van der Waals surface area contributed by atoms with Crippen molar-refractivity contribution in [3.8, 4) is 17.3 Å². The average molecular weight is 553 g/mol. The Bertz CT molecular complexity index is 1390. The number of thioether (sulfide) groups is 1. The van der Waals surface area contributed by atoms with Crippen molar-refractivity contribution in [3.63, 3.8) is 0 Å². The minimum absolute atomic E-state index is 0.287. The number of amidine groups is 1. The fourth-order valence-electron chi connectivity index (χ4n) is 4.72. The van der Waals surface area contributed by atoms with Crippen molar-refractivity contribution >= 4 is 23.0 Å². The number of hydrogen-bond donors (Lipinski definition) is 1. The van der Waals surface area contributed by atoms with Gasteiger partial charge < -0.3 is 15.0 Å². The zero-order valence-corrected chi connectivity index (χ0v) is 22.3. The third kappa shape index (κ3) is 6.37. The normalized spacial score (nSPS) is 18.3. The number of benzene rings is 3. The van der Waals surface area contributed by atoms with Crippen LogP contribution in [0.2, 0.25) is 0 Å². The highest BCUT2D eigenvalue weighted by Crippen LogP contribution is 2.40. The van der Waals surface area contributed by atoms with Crippen molar-refractivity contribution < 1.29 is 22.7 Å². The van der Waals surface area contributed by atoms with E-state index in [1.807, 2.05) is 6.92 Å². The lowest BCUT2D eigenvalue weighted by Gasteiger charge is -2.43. The first-order valence-corrected chi connectivity index (χ1v) is 13.5. The lowest BCUT2D eigenvalue weighted by atomic mass is 9.85. The topological polar surface area (TPSA) is 77.7 Å². The van der Waals surface area contributed by atoms with Crippen LogP contribution in [0.4, 0.5) is 18.0 Å². The van der Waals surface area contributed by atoms with Crippen LogP contribution < -0.4 is 5.32 Å². The summed E-state index contributed by atoms with van der Waals surface area (Å²) in [4.78, 5) is 18.7. The van der Waals surface area contributed by atoms with Crippen molar-refractivity contribution in [3.05, 3.63) is 95.3 Å². The second-order valence-electron chi connectivity index (χ2n) is 9.13. The van der Waals surface area contributed by atoms with Crippen LogP contribution in [0.15, 0.2) is 71.7 Å². The zero-order valence-electron chi connectivity index (χ0n) is 21.5. The van der Waals surface area contributed by atoms with Crippen molar-refractivity contribution in [1.82, 2.24) is 10.2 Å². The van der Waals surface area contributed by atoms with Crippen LogP contribution in [-0.2, 0) is 10.3 Å². The van der Waals surface area contributed by atoms with Gasteiger partial charge in [0.1, 0.15) is 23.1 Å². The Kier molecular flexibility index (Phi) is 8.82. The number of nitrogens with zero attached hydrogens (tertiary/aromatic N) is 3. The van der Waals surface area contributed by atoms with Gasteiger partial charge in [-0.1, -0.05) is 48.2 Å². The van der Waals surface area contributed by atoms with E-state index in [0.29, 0.717) is 42.2 Å². The average Bonchev–Trinajstić information content (AvgIpc) is 2.93. The van der Waals surface area contributed by atoms with Crippen LogP contribution in [0.3, 0.4) is 0 Å². The van der Waals surface area contributed by atoms with Gasteiger partial charge in [0.2, 0.25) is 6.19 Å². The Morgan fingerprint density at radius 1 is 1.13 bits per heavy atom. The highest BCUT2D eigenvalue weighted by Gasteiger charge is 2.43. The molecule has 39 heavy (non-hydrogen) atoms. The number of cyclic esters (lactones) is 1. The lowest BCUT2D eigenvalue weighted by Crippen LogP contribution is -2.49. The maximum absolute atomic E-state index is 14.2. The van der Waals surface area contributed by atoms with Gasteiger partial charge >= 0.3 is 6.09 Å². The summed E-state index contributed by atoms with van der Waals surface area (Å²) >= 11 is 1.29. The second kappa shape index (κ2) is 12.3. The molecule has 0 radical (unpaired) electrons. The molecule has 202 valence electrons. The molecule has 0 unspecified atom stereocenters. The summed E-state index contributed by atoms with van der Waals surface area (Å²) in [5.41, 5.74) is 1.40. The molecule has 3 aromatic carbocycles. The molecule has 1 aliphatic rings. The van der Waals surface area contributed by atoms with Gasteiger partial charge in [0, 0.05) is 37.6 Å². The zero-order chi connectivity index (χ0) is 28.0. The smallest absolute Gasteiger partial charge is 0.411 e. The molecule has 10 heteroatoms. The first-order valence-electron chi connectivity index (χ1n) is 12.3. The fraction of sp³-hybridized carbons (Fsp3) is 0.276. The monoisotopic (exact) mass is 552 g/mol. The van der Waals surface area contributed by atoms with Crippen LogP contribution in [-0.4, -0.2) is 35.5 Å². The third-order valence-electron chi connectivity index (χ3n) is 6.90. The standard InChI is InChI=1S/C29H27F3N4O2S/c1-19(20-3-5-21(6-4-20)25-12-11-24(31)17-26(25)32)36-16-14-29(38-28(36)37,22-7-9-23(30)10-8-22)13-15-34-27(39-2)35-18-33/h3-12,17,19H,13-16H2,1-2H3,(H,34,35)/t19-,29+/m0/s1. The molecule has 2 atom stereocenters. The van der Waals surface area contributed by atoms with E-state index in [0.717, 1.165) is 11.6 Å². The first-order chi connectivity index (χ1) is 18.8. The van der Waals surface area contributed by atoms with Gasteiger partial charge in [0.25, 0.3) is 0 Å². The van der Waals surface area contributed by atoms with Gasteiger partial charge in [-0.2, -0.15) is 5.26 Å². The number of rotatable bonds is 7. The molecule has 3 aromatic rings. The number of aliphatic imine (C=N–C) groups is 1. The summed E-state index contributed by atoms with van der Waals surface area (Å²) in [5.74, 6) is -1.68. The molecule has 0 aliphatic carbocycles. The van der Waals surface area contributed by atoms with E-state index in [1.165, 1.54) is 36.0 Å². The maximum atomic E-state index is 14.2. The molecule has 0 bridgehead atoms.